The van der Waals surface area contributed by atoms with Crippen LogP contribution in [0.2, 0.25) is 0 Å². The molecular weight excluding hydrogens is 506 g/mol. The van der Waals surface area contributed by atoms with Crippen LogP contribution in [0.4, 0.5) is 5.69 Å². The summed E-state index contributed by atoms with van der Waals surface area (Å²) in [5.74, 6) is -1.11. The number of carbonyl (C=O) groups excluding carboxylic acids is 2. The number of hydrazone groups is 1. The first-order chi connectivity index (χ1) is 19.5. The van der Waals surface area contributed by atoms with Crippen LogP contribution in [0.15, 0.2) is 90.0 Å². The van der Waals surface area contributed by atoms with Crippen molar-refractivity contribution in [3.8, 4) is 0 Å². The molecule has 1 unspecified atom stereocenters. The lowest BCUT2D eigenvalue weighted by atomic mass is 9.83. The molecule has 204 valence electrons. The fourth-order valence-corrected chi connectivity index (χ4v) is 5.30. The van der Waals surface area contributed by atoms with Crippen molar-refractivity contribution < 1.29 is 24.2 Å². The van der Waals surface area contributed by atoms with E-state index in [1.807, 2.05) is 60.7 Å². The summed E-state index contributed by atoms with van der Waals surface area (Å²) in [7, 11) is 0. The van der Waals surface area contributed by atoms with E-state index >= 15 is 0 Å². The van der Waals surface area contributed by atoms with Crippen LogP contribution in [-0.2, 0) is 25.7 Å². The number of aliphatic carboxylic acids is 1. The highest BCUT2D eigenvalue weighted by atomic mass is 16.5. The molecule has 2 aliphatic rings. The van der Waals surface area contributed by atoms with Gasteiger partial charge in [-0.25, -0.2) is 9.80 Å². The molecule has 0 aromatic heterocycles. The number of nitrogens with one attached hydrogen (secondary N) is 1. The second kappa shape index (κ2) is 12.4. The maximum Gasteiger partial charge on any atom is 0.328 e. The van der Waals surface area contributed by atoms with Gasteiger partial charge in [0.1, 0.15) is 0 Å². The number of nitrogens with zero attached hydrogens (tertiary/aromatic N) is 2. The minimum absolute atomic E-state index is 0.0706. The van der Waals surface area contributed by atoms with Crippen molar-refractivity contribution in [2.75, 3.05) is 11.9 Å². The fraction of sp³-hybridized carbons (Fsp3) is 0.250. The first-order valence-corrected chi connectivity index (χ1v) is 13.4. The normalized spacial score (nSPS) is 16.4. The summed E-state index contributed by atoms with van der Waals surface area (Å²) >= 11 is 0. The summed E-state index contributed by atoms with van der Waals surface area (Å²) in [4.78, 5) is 37.2. The Morgan fingerprint density at radius 3 is 2.42 bits per heavy atom. The van der Waals surface area contributed by atoms with E-state index in [-0.39, 0.29) is 30.3 Å². The minimum atomic E-state index is -1.05. The van der Waals surface area contributed by atoms with Crippen LogP contribution in [0.1, 0.15) is 53.9 Å². The van der Waals surface area contributed by atoms with Gasteiger partial charge >= 0.3 is 5.97 Å². The van der Waals surface area contributed by atoms with E-state index in [1.54, 1.807) is 18.2 Å². The first kappa shape index (κ1) is 26.9. The van der Waals surface area contributed by atoms with Gasteiger partial charge in [0.2, 0.25) is 11.8 Å². The van der Waals surface area contributed by atoms with E-state index in [4.69, 9.17) is 9.84 Å². The molecule has 1 atom stereocenters. The first-order valence-electron chi connectivity index (χ1n) is 13.4. The average Bonchev–Trinajstić information content (AvgIpc) is 3.49. The predicted octanol–water partition coefficient (Wildman–Crippen LogP) is 5.42. The fourth-order valence-electron chi connectivity index (χ4n) is 5.30. The van der Waals surface area contributed by atoms with Crippen molar-refractivity contribution in [3.63, 3.8) is 0 Å². The van der Waals surface area contributed by atoms with Gasteiger partial charge in [0, 0.05) is 17.3 Å². The lowest BCUT2D eigenvalue weighted by Crippen LogP contribution is -2.36. The number of para-hydroxylation sites is 1. The largest absolute Gasteiger partial charge is 0.478 e. The van der Waals surface area contributed by atoms with Gasteiger partial charge < -0.3 is 15.2 Å². The van der Waals surface area contributed by atoms with Gasteiger partial charge in [-0.1, -0.05) is 73.5 Å². The minimum Gasteiger partial charge on any atom is -0.478 e. The maximum absolute atomic E-state index is 13.7. The summed E-state index contributed by atoms with van der Waals surface area (Å²) in [6.45, 7) is 0.223. The van der Waals surface area contributed by atoms with Gasteiger partial charge in [-0.2, -0.15) is 0 Å². The van der Waals surface area contributed by atoms with Crippen LogP contribution in [0.25, 0.3) is 6.08 Å². The zero-order valence-corrected chi connectivity index (χ0v) is 22.0. The van der Waals surface area contributed by atoms with Gasteiger partial charge in [-0.3, -0.25) is 9.59 Å². The van der Waals surface area contributed by atoms with Crippen LogP contribution >= 0.6 is 0 Å². The van der Waals surface area contributed by atoms with E-state index in [2.05, 4.69) is 10.4 Å². The second-order valence-electron chi connectivity index (χ2n) is 10.0. The molecule has 8 heteroatoms. The molecule has 1 saturated carbocycles. The highest BCUT2D eigenvalue weighted by molar-refractivity contribution is 5.99. The van der Waals surface area contributed by atoms with Crippen molar-refractivity contribution in [1.82, 2.24) is 5.01 Å². The zero-order valence-electron chi connectivity index (χ0n) is 22.0. The van der Waals surface area contributed by atoms with Crippen molar-refractivity contribution in [1.29, 1.82) is 0 Å². The smallest absolute Gasteiger partial charge is 0.328 e. The number of benzene rings is 3. The Morgan fingerprint density at radius 1 is 1.00 bits per heavy atom. The van der Waals surface area contributed by atoms with Crippen LogP contribution in [0, 0.1) is 5.92 Å². The lowest BCUT2D eigenvalue weighted by molar-refractivity contribution is -0.136. The number of amides is 2. The number of carbonyl (C=O) groups is 3. The Hall–Kier alpha value is -4.72. The summed E-state index contributed by atoms with van der Waals surface area (Å²) in [6, 6.07) is 24.4. The zero-order chi connectivity index (χ0) is 27.9. The van der Waals surface area contributed by atoms with E-state index in [0.29, 0.717) is 23.7 Å². The Bertz CT molecular complexity index is 1430. The van der Waals surface area contributed by atoms with E-state index in [0.717, 1.165) is 48.4 Å². The third-order valence-electron chi connectivity index (χ3n) is 7.30. The van der Waals surface area contributed by atoms with Gasteiger partial charge in [-0.15, -0.1) is 5.10 Å². The molecule has 1 aliphatic carbocycles. The summed E-state index contributed by atoms with van der Waals surface area (Å²) in [6.07, 6.45) is 6.66. The molecule has 3 aromatic carbocycles. The lowest BCUT2D eigenvalue weighted by Gasteiger charge is -2.25. The van der Waals surface area contributed by atoms with Crippen LogP contribution in [-0.4, -0.2) is 40.4 Å². The van der Waals surface area contributed by atoms with Gasteiger partial charge in [0.05, 0.1) is 12.5 Å². The Morgan fingerprint density at radius 2 is 1.70 bits per heavy atom. The van der Waals surface area contributed by atoms with Gasteiger partial charge in [0.25, 0.3) is 5.91 Å². The highest BCUT2D eigenvalue weighted by Crippen LogP contribution is 2.38. The monoisotopic (exact) mass is 537 g/mol. The molecule has 3 aromatic rings. The summed E-state index contributed by atoms with van der Waals surface area (Å²) in [5.41, 5.74) is 3.81. The quantitative estimate of drug-likeness (QED) is 0.355. The Kier molecular flexibility index (Phi) is 8.35. The van der Waals surface area contributed by atoms with Crippen molar-refractivity contribution >= 4 is 35.4 Å². The maximum atomic E-state index is 13.7. The number of carboxylic acids is 1. The molecule has 2 N–H and O–H groups in total. The van der Waals surface area contributed by atoms with E-state index in [9.17, 15) is 14.4 Å². The van der Waals surface area contributed by atoms with Crippen LogP contribution in [0.3, 0.4) is 0 Å². The Labute approximate surface area is 233 Å². The molecule has 5 rings (SSSR count). The highest BCUT2D eigenvalue weighted by Gasteiger charge is 2.32. The summed E-state index contributed by atoms with van der Waals surface area (Å²) in [5, 5.41) is 17.9. The molecule has 40 heavy (non-hydrogen) atoms. The molecule has 0 bridgehead atoms. The third-order valence-corrected chi connectivity index (χ3v) is 7.30. The number of anilines is 1. The average molecular weight is 538 g/mol. The number of ether oxygens (including phenoxy) is 1. The molecule has 0 spiro atoms. The van der Waals surface area contributed by atoms with Crippen molar-refractivity contribution in [3.05, 3.63) is 107 Å². The molecular formula is C32H31N3O5. The number of carboxylic acid groups (broad SMARTS) is 1. The molecule has 2 amide bonds. The van der Waals surface area contributed by atoms with Gasteiger partial charge in [-0.05, 0) is 59.7 Å². The van der Waals surface area contributed by atoms with E-state index < -0.39 is 5.97 Å². The molecule has 1 fully saturated rings. The second-order valence-corrected chi connectivity index (χ2v) is 10.0. The van der Waals surface area contributed by atoms with Crippen molar-refractivity contribution in [2.24, 2.45) is 11.0 Å². The van der Waals surface area contributed by atoms with Crippen LogP contribution < -0.4 is 5.32 Å². The molecule has 0 saturated heterocycles. The predicted molar refractivity (Wildman–Crippen MR) is 152 cm³/mol. The number of rotatable bonds is 9. The third kappa shape index (κ3) is 6.46. The van der Waals surface area contributed by atoms with Gasteiger partial charge in [0.15, 0.2) is 6.61 Å². The van der Waals surface area contributed by atoms with Crippen molar-refractivity contribution in [2.45, 2.75) is 38.1 Å². The molecule has 1 heterocycles. The van der Waals surface area contributed by atoms with E-state index in [1.165, 1.54) is 11.1 Å². The SMILES string of the molecule is O=C(O)/C=C/c1ccccc1NC(=O)C(c1ccc(CN2N=C(c3ccccc3)OCC2=O)cc1)C1CCCC1. The molecule has 0 radical (unpaired) electrons. The van der Waals surface area contributed by atoms with Crippen LogP contribution in [0.5, 0.6) is 0 Å². The Balaban J connectivity index is 1.34. The number of hydrogen-bond acceptors (Lipinski definition) is 5. The molecule has 8 nitrogen and oxygen atoms in total. The standard InChI is InChI=1S/C32H31N3O5/c36-28-21-40-32(26-11-2-1-3-12-26)34-35(28)20-22-14-16-25(17-15-22)30(24-9-4-5-10-24)31(39)33-27-13-7-6-8-23(27)18-19-29(37)38/h1-3,6-8,11-19,24,30H,4-5,9-10,20-21H2,(H,33,39)(H,37,38)/b19-18+. The molecule has 1 aliphatic heterocycles. The summed E-state index contributed by atoms with van der Waals surface area (Å²) < 4.78 is 5.54. The number of hydrogen-bond donors (Lipinski definition) is 2. The topological polar surface area (TPSA) is 108 Å².